The van der Waals surface area contributed by atoms with Crippen LogP contribution in [-0.2, 0) is 15.1 Å². The van der Waals surface area contributed by atoms with Crippen LogP contribution in [0.1, 0.15) is 30.5 Å². The molecule has 0 heterocycles. The molecule has 1 N–H and O–H groups in total. The van der Waals surface area contributed by atoms with E-state index in [0.29, 0.717) is 5.56 Å². The van der Waals surface area contributed by atoms with E-state index in [-0.39, 0.29) is 6.61 Å². The largest absolute Gasteiger partial charge is 0.464 e. The molecule has 6 heteroatoms. The molecule has 1 rings (SSSR count). The van der Waals surface area contributed by atoms with Gasteiger partial charge in [0.1, 0.15) is 5.54 Å². The van der Waals surface area contributed by atoms with Crippen LogP contribution in [0.25, 0.3) is 0 Å². The molecule has 21 heavy (non-hydrogen) atoms. The molecule has 0 aliphatic heterocycles. The van der Waals surface area contributed by atoms with E-state index >= 15 is 0 Å². The quantitative estimate of drug-likeness (QED) is 0.849. The average molecular weight is 303 g/mol. The van der Waals surface area contributed by atoms with Crippen molar-refractivity contribution in [2.45, 2.75) is 39.4 Å². The van der Waals surface area contributed by atoms with Crippen molar-refractivity contribution in [1.29, 1.82) is 0 Å². The van der Waals surface area contributed by atoms with Crippen LogP contribution in [0.3, 0.4) is 0 Å². The molecular weight excluding hydrogens is 283 g/mol. The zero-order valence-corrected chi connectivity index (χ0v) is 12.6. The lowest BCUT2D eigenvalue weighted by molar-refractivity contribution is -0.155. The molecule has 0 saturated carbocycles. The molecule has 0 aliphatic carbocycles. The summed E-state index contributed by atoms with van der Waals surface area (Å²) in [4.78, 5) is 12.2. The van der Waals surface area contributed by atoms with E-state index in [2.05, 4.69) is 5.32 Å². The zero-order chi connectivity index (χ0) is 16.3. The second-order valence-corrected chi connectivity index (χ2v) is 5.13. The van der Waals surface area contributed by atoms with Crippen LogP contribution in [-0.4, -0.2) is 25.3 Å². The Balaban J connectivity index is 3.20. The van der Waals surface area contributed by atoms with Crippen LogP contribution in [0, 0.1) is 13.8 Å². The Morgan fingerprint density at radius 2 is 1.90 bits per heavy atom. The summed E-state index contributed by atoms with van der Waals surface area (Å²) in [5.41, 5.74) is 0.651. The standard InChI is InChI=1S/C15H20F3NO2/c1-5-21-13(20)14(4,19-9-15(16,17)18)12-7-6-10(2)8-11(12)3/h6-8,19H,5,9H2,1-4H3. The molecule has 1 unspecified atom stereocenters. The van der Waals surface area contributed by atoms with Crippen molar-refractivity contribution in [3.05, 3.63) is 34.9 Å². The molecular formula is C15H20F3NO2. The Kier molecular flexibility index (Phi) is 5.39. The summed E-state index contributed by atoms with van der Waals surface area (Å²) in [6.07, 6.45) is -4.41. The van der Waals surface area contributed by atoms with Gasteiger partial charge >= 0.3 is 12.1 Å². The first-order chi connectivity index (χ1) is 9.60. The summed E-state index contributed by atoms with van der Waals surface area (Å²) in [5.74, 6) is -0.721. The van der Waals surface area contributed by atoms with Crippen LogP contribution < -0.4 is 5.32 Å². The topological polar surface area (TPSA) is 38.3 Å². The fourth-order valence-electron chi connectivity index (χ4n) is 2.20. The first-order valence-corrected chi connectivity index (χ1v) is 6.67. The van der Waals surface area contributed by atoms with Gasteiger partial charge in [-0.1, -0.05) is 23.8 Å². The second-order valence-electron chi connectivity index (χ2n) is 5.13. The highest BCUT2D eigenvalue weighted by molar-refractivity contribution is 5.82. The van der Waals surface area contributed by atoms with Gasteiger partial charge in [-0.3, -0.25) is 5.32 Å². The van der Waals surface area contributed by atoms with Crippen molar-refractivity contribution in [3.8, 4) is 0 Å². The van der Waals surface area contributed by atoms with E-state index < -0.39 is 24.2 Å². The van der Waals surface area contributed by atoms with Crippen molar-refractivity contribution in [2.24, 2.45) is 0 Å². The predicted molar refractivity (Wildman–Crippen MR) is 74.0 cm³/mol. The fourth-order valence-corrected chi connectivity index (χ4v) is 2.20. The minimum absolute atomic E-state index is 0.104. The number of carbonyl (C=O) groups excluding carboxylic acids is 1. The van der Waals surface area contributed by atoms with Crippen LogP contribution in [0.5, 0.6) is 0 Å². The fraction of sp³-hybridized carbons (Fsp3) is 0.533. The number of hydrogen-bond donors (Lipinski definition) is 1. The molecule has 1 aromatic rings. The Morgan fingerprint density at radius 1 is 1.29 bits per heavy atom. The summed E-state index contributed by atoms with van der Waals surface area (Å²) in [5, 5.41) is 2.30. The van der Waals surface area contributed by atoms with Crippen LogP contribution >= 0.6 is 0 Å². The number of nitrogens with one attached hydrogen (secondary N) is 1. The number of halogens is 3. The summed E-state index contributed by atoms with van der Waals surface area (Å²) in [6, 6.07) is 5.24. The molecule has 1 atom stereocenters. The molecule has 0 bridgehead atoms. The van der Waals surface area contributed by atoms with Gasteiger partial charge in [0, 0.05) is 0 Å². The first-order valence-electron chi connectivity index (χ1n) is 6.67. The van der Waals surface area contributed by atoms with Crippen molar-refractivity contribution in [2.75, 3.05) is 13.2 Å². The first kappa shape index (κ1) is 17.5. The highest BCUT2D eigenvalue weighted by atomic mass is 19.4. The second kappa shape index (κ2) is 6.47. The number of alkyl halides is 3. The average Bonchev–Trinajstić information content (AvgIpc) is 2.35. The van der Waals surface area contributed by atoms with Gasteiger partial charge in [-0.05, 0) is 38.8 Å². The summed E-state index contributed by atoms with van der Waals surface area (Å²) in [6.45, 7) is 5.50. The maximum absolute atomic E-state index is 12.5. The normalized spacial score (nSPS) is 14.6. The Hall–Kier alpha value is -1.56. The van der Waals surface area contributed by atoms with Crippen molar-refractivity contribution >= 4 is 5.97 Å². The van der Waals surface area contributed by atoms with Gasteiger partial charge < -0.3 is 4.74 Å². The monoisotopic (exact) mass is 303 g/mol. The van der Waals surface area contributed by atoms with E-state index in [1.54, 1.807) is 26.0 Å². The molecule has 0 amide bonds. The number of carbonyl (C=O) groups is 1. The van der Waals surface area contributed by atoms with E-state index in [1.807, 2.05) is 13.0 Å². The molecule has 3 nitrogen and oxygen atoms in total. The van der Waals surface area contributed by atoms with E-state index in [4.69, 9.17) is 4.74 Å². The van der Waals surface area contributed by atoms with Crippen LogP contribution in [0.2, 0.25) is 0 Å². The van der Waals surface area contributed by atoms with E-state index in [1.165, 1.54) is 6.92 Å². The molecule has 0 saturated heterocycles. The van der Waals surface area contributed by atoms with Crippen molar-refractivity contribution in [3.63, 3.8) is 0 Å². The van der Waals surface area contributed by atoms with Gasteiger partial charge in [-0.25, -0.2) is 4.79 Å². The van der Waals surface area contributed by atoms with Crippen LogP contribution in [0.15, 0.2) is 18.2 Å². The lowest BCUT2D eigenvalue weighted by Gasteiger charge is -2.31. The number of esters is 1. The summed E-state index contributed by atoms with van der Waals surface area (Å²) in [7, 11) is 0. The van der Waals surface area contributed by atoms with E-state index in [9.17, 15) is 18.0 Å². The summed E-state index contributed by atoms with van der Waals surface area (Å²) < 4.78 is 42.4. The maximum atomic E-state index is 12.5. The van der Waals surface area contributed by atoms with Crippen molar-refractivity contribution < 1.29 is 22.7 Å². The third-order valence-corrected chi connectivity index (χ3v) is 3.25. The molecule has 0 aliphatic rings. The Bertz CT molecular complexity index is 514. The number of rotatable bonds is 5. The number of hydrogen-bond acceptors (Lipinski definition) is 3. The summed E-state index contributed by atoms with van der Waals surface area (Å²) >= 11 is 0. The third kappa shape index (κ3) is 4.46. The van der Waals surface area contributed by atoms with Gasteiger partial charge in [-0.2, -0.15) is 13.2 Å². The highest BCUT2D eigenvalue weighted by Crippen LogP contribution is 2.28. The van der Waals surface area contributed by atoms with E-state index in [0.717, 1.165) is 11.1 Å². The number of aryl methyl sites for hydroxylation is 2. The molecule has 0 spiro atoms. The molecule has 118 valence electrons. The Labute approximate surface area is 122 Å². The smallest absolute Gasteiger partial charge is 0.401 e. The SMILES string of the molecule is CCOC(=O)C(C)(NCC(F)(F)F)c1ccc(C)cc1C. The van der Waals surface area contributed by atoms with Gasteiger partial charge in [0.15, 0.2) is 0 Å². The van der Waals surface area contributed by atoms with Crippen LogP contribution in [0.4, 0.5) is 13.2 Å². The van der Waals surface area contributed by atoms with Gasteiger partial charge in [0.25, 0.3) is 0 Å². The molecule has 0 aromatic heterocycles. The zero-order valence-electron chi connectivity index (χ0n) is 12.6. The maximum Gasteiger partial charge on any atom is 0.401 e. The number of benzene rings is 1. The lowest BCUT2D eigenvalue weighted by Crippen LogP contribution is -2.51. The molecule has 0 radical (unpaired) electrons. The third-order valence-electron chi connectivity index (χ3n) is 3.25. The Morgan fingerprint density at radius 3 is 2.38 bits per heavy atom. The molecule has 1 aromatic carbocycles. The predicted octanol–water partition coefficient (Wildman–Crippen LogP) is 3.23. The van der Waals surface area contributed by atoms with Gasteiger partial charge in [0.2, 0.25) is 0 Å². The lowest BCUT2D eigenvalue weighted by atomic mass is 9.87. The minimum Gasteiger partial charge on any atom is -0.464 e. The minimum atomic E-state index is -4.41. The number of ether oxygens (including phenoxy) is 1. The highest BCUT2D eigenvalue weighted by Gasteiger charge is 2.41. The van der Waals surface area contributed by atoms with Crippen molar-refractivity contribution in [1.82, 2.24) is 5.32 Å². The van der Waals surface area contributed by atoms with Gasteiger partial charge in [-0.15, -0.1) is 0 Å². The van der Waals surface area contributed by atoms with Gasteiger partial charge in [0.05, 0.1) is 13.2 Å². The molecule has 0 fully saturated rings.